The second-order valence-corrected chi connectivity index (χ2v) is 5.12. The highest BCUT2D eigenvalue weighted by molar-refractivity contribution is 5.30. The van der Waals surface area contributed by atoms with Crippen molar-refractivity contribution in [2.45, 2.75) is 51.1 Å². The Kier molecular flexibility index (Phi) is 4.59. The molecule has 1 unspecified atom stereocenters. The van der Waals surface area contributed by atoms with E-state index in [0.29, 0.717) is 11.8 Å². The molecule has 1 aliphatic rings. The van der Waals surface area contributed by atoms with E-state index >= 15 is 0 Å². The van der Waals surface area contributed by atoms with Crippen LogP contribution in [0, 0.1) is 5.82 Å². The molecule has 3 heteroatoms. The van der Waals surface area contributed by atoms with Gasteiger partial charge in [-0.05, 0) is 37.5 Å². The SMILES string of the molecule is COc1ccc(C(C)NC2CCCCC2)cc1F. The average Bonchev–Trinajstić information content (AvgIpc) is 2.39. The minimum atomic E-state index is -0.285. The van der Waals surface area contributed by atoms with Gasteiger partial charge in [-0.15, -0.1) is 0 Å². The first-order chi connectivity index (χ1) is 8.70. The molecule has 100 valence electrons. The molecule has 0 heterocycles. The fourth-order valence-corrected chi connectivity index (χ4v) is 2.67. The molecule has 1 aromatic rings. The maximum Gasteiger partial charge on any atom is 0.165 e. The topological polar surface area (TPSA) is 21.3 Å². The molecule has 0 aliphatic heterocycles. The molecule has 0 bridgehead atoms. The van der Waals surface area contributed by atoms with Gasteiger partial charge in [0.1, 0.15) is 0 Å². The van der Waals surface area contributed by atoms with Crippen LogP contribution in [0.2, 0.25) is 0 Å². The highest BCUT2D eigenvalue weighted by atomic mass is 19.1. The molecule has 0 aromatic heterocycles. The van der Waals surface area contributed by atoms with Crippen molar-refractivity contribution >= 4 is 0 Å². The second kappa shape index (κ2) is 6.19. The van der Waals surface area contributed by atoms with Gasteiger partial charge in [0.15, 0.2) is 11.6 Å². The number of methoxy groups -OCH3 is 1. The van der Waals surface area contributed by atoms with E-state index in [0.717, 1.165) is 5.56 Å². The first-order valence-electron chi connectivity index (χ1n) is 6.80. The van der Waals surface area contributed by atoms with Gasteiger partial charge in [-0.25, -0.2) is 4.39 Å². The van der Waals surface area contributed by atoms with E-state index in [-0.39, 0.29) is 11.9 Å². The first kappa shape index (κ1) is 13.3. The minimum Gasteiger partial charge on any atom is -0.494 e. The fraction of sp³-hybridized carbons (Fsp3) is 0.600. The van der Waals surface area contributed by atoms with Gasteiger partial charge >= 0.3 is 0 Å². The quantitative estimate of drug-likeness (QED) is 0.878. The van der Waals surface area contributed by atoms with Crippen molar-refractivity contribution in [3.05, 3.63) is 29.6 Å². The average molecular weight is 251 g/mol. The summed E-state index contributed by atoms with van der Waals surface area (Å²) in [5.41, 5.74) is 0.985. The Balaban J connectivity index is 1.99. The smallest absolute Gasteiger partial charge is 0.165 e. The lowest BCUT2D eigenvalue weighted by molar-refractivity contribution is 0.345. The van der Waals surface area contributed by atoms with E-state index in [9.17, 15) is 4.39 Å². The Morgan fingerprint density at radius 2 is 2.00 bits per heavy atom. The van der Waals surface area contributed by atoms with Crippen molar-refractivity contribution < 1.29 is 9.13 Å². The third-order valence-corrected chi connectivity index (χ3v) is 3.77. The second-order valence-electron chi connectivity index (χ2n) is 5.12. The van der Waals surface area contributed by atoms with E-state index in [2.05, 4.69) is 12.2 Å². The molecular weight excluding hydrogens is 229 g/mol. The summed E-state index contributed by atoms with van der Waals surface area (Å²) in [7, 11) is 1.49. The van der Waals surface area contributed by atoms with E-state index in [1.165, 1.54) is 39.2 Å². The van der Waals surface area contributed by atoms with E-state index in [1.807, 2.05) is 6.07 Å². The number of hydrogen-bond acceptors (Lipinski definition) is 2. The van der Waals surface area contributed by atoms with Gasteiger partial charge in [-0.3, -0.25) is 0 Å². The molecule has 2 rings (SSSR count). The van der Waals surface area contributed by atoms with Crippen molar-refractivity contribution in [3.8, 4) is 5.75 Å². The number of halogens is 1. The summed E-state index contributed by atoms with van der Waals surface area (Å²) >= 11 is 0. The van der Waals surface area contributed by atoms with Crippen molar-refractivity contribution in [3.63, 3.8) is 0 Å². The first-order valence-corrected chi connectivity index (χ1v) is 6.80. The van der Waals surface area contributed by atoms with Crippen LogP contribution < -0.4 is 10.1 Å². The fourth-order valence-electron chi connectivity index (χ4n) is 2.67. The summed E-state index contributed by atoms with van der Waals surface area (Å²) in [6, 6.07) is 5.97. The van der Waals surface area contributed by atoms with Gasteiger partial charge in [0, 0.05) is 12.1 Å². The van der Waals surface area contributed by atoms with Crippen LogP contribution in [0.4, 0.5) is 4.39 Å². The Bertz CT molecular complexity index is 388. The molecular formula is C15H22FNO. The van der Waals surface area contributed by atoms with Crippen LogP contribution >= 0.6 is 0 Å². The maximum absolute atomic E-state index is 13.6. The van der Waals surface area contributed by atoms with Gasteiger partial charge in [0.05, 0.1) is 7.11 Å². The number of nitrogens with one attached hydrogen (secondary N) is 1. The molecule has 0 saturated heterocycles. The molecule has 2 nitrogen and oxygen atoms in total. The molecule has 1 saturated carbocycles. The highest BCUT2D eigenvalue weighted by Gasteiger charge is 2.17. The van der Waals surface area contributed by atoms with Crippen LogP contribution in [0.1, 0.15) is 50.6 Å². The van der Waals surface area contributed by atoms with Gasteiger partial charge in [-0.2, -0.15) is 0 Å². The summed E-state index contributed by atoms with van der Waals surface area (Å²) in [6.45, 7) is 2.09. The number of ether oxygens (including phenoxy) is 1. The minimum absolute atomic E-state index is 0.188. The van der Waals surface area contributed by atoms with Crippen LogP contribution in [0.3, 0.4) is 0 Å². The van der Waals surface area contributed by atoms with Crippen LogP contribution in [0.25, 0.3) is 0 Å². The standard InChI is InChI=1S/C15H22FNO/c1-11(17-13-6-4-3-5-7-13)12-8-9-15(18-2)14(16)10-12/h8-11,13,17H,3-7H2,1-2H3. The Morgan fingerprint density at radius 1 is 1.28 bits per heavy atom. The predicted octanol–water partition coefficient (Wildman–Crippen LogP) is 3.82. The highest BCUT2D eigenvalue weighted by Crippen LogP contribution is 2.24. The molecule has 1 aliphatic carbocycles. The lowest BCUT2D eigenvalue weighted by Gasteiger charge is -2.27. The van der Waals surface area contributed by atoms with Crippen molar-refractivity contribution in [1.82, 2.24) is 5.32 Å². The summed E-state index contributed by atoms with van der Waals surface area (Å²) in [4.78, 5) is 0. The molecule has 1 aromatic carbocycles. The molecule has 1 fully saturated rings. The van der Waals surface area contributed by atoms with Crippen LogP contribution in [-0.2, 0) is 0 Å². The largest absolute Gasteiger partial charge is 0.494 e. The molecule has 1 atom stereocenters. The summed E-state index contributed by atoms with van der Waals surface area (Å²) in [6.07, 6.45) is 6.44. The van der Waals surface area contributed by atoms with E-state index in [1.54, 1.807) is 12.1 Å². The van der Waals surface area contributed by atoms with Gasteiger partial charge in [0.2, 0.25) is 0 Å². The Morgan fingerprint density at radius 3 is 2.61 bits per heavy atom. The van der Waals surface area contributed by atoms with Crippen molar-refractivity contribution in [2.24, 2.45) is 0 Å². The number of benzene rings is 1. The summed E-state index contributed by atoms with van der Waals surface area (Å²) < 4.78 is 18.6. The molecule has 18 heavy (non-hydrogen) atoms. The molecule has 0 radical (unpaired) electrons. The zero-order valence-corrected chi connectivity index (χ0v) is 11.2. The molecule has 1 N–H and O–H groups in total. The molecule has 0 amide bonds. The number of rotatable bonds is 4. The molecule has 0 spiro atoms. The van der Waals surface area contributed by atoms with Gasteiger partial charge < -0.3 is 10.1 Å². The maximum atomic E-state index is 13.6. The van der Waals surface area contributed by atoms with Gasteiger partial charge in [0.25, 0.3) is 0 Å². The van der Waals surface area contributed by atoms with E-state index in [4.69, 9.17) is 4.74 Å². The zero-order chi connectivity index (χ0) is 13.0. The monoisotopic (exact) mass is 251 g/mol. The van der Waals surface area contributed by atoms with Crippen LogP contribution in [0.15, 0.2) is 18.2 Å². The predicted molar refractivity (Wildman–Crippen MR) is 71.4 cm³/mol. The Labute approximate surface area is 109 Å². The lowest BCUT2D eigenvalue weighted by atomic mass is 9.94. The van der Waals surface area contributed by atoms with Crippen LogP contribution in [-0.4, -0.2) is 13.2 Å². The van der Waals surface area contributed by atoms with Crippen LogP contribution in [0.5, 0.6) is 5.75 Å². The van der Waals surface area contributed by atoms with E-state index < -0.39 is 0 Å². The van der Waals surface area contributed by atoms with Gasteiger partial charge in [-0.1, -0.05) is 25.3 Å². The zero-order valence-electron chi connectivity index (χ0n) is 11.2. The van der Waals surface area contributed by atoms with Crippen molar-refractivity contribution in [1.29, 1.82) is 0 Å². The third-order valence-electron chi connectivity index (χ3n) is 3.77. The lowest BCUT2D eigenvalue weighted by Crippen LogP contribution is -2.33. The van der Waals surface area contributed by atoms with Crippen molar-refractivity contribution in [2.75, 3.05) is 7.11 Å². The third kappa shape index (κ3) is 3.22. The summed E-state index contributed by atoms with van der Waals surface area (Å²) in [5.74, 6) is 0.0240. The number of hydrogen-bond donors (Lipinski definition) is 1. The normalized spacial score (nSPS) is 18.6. The Hall–Kier alpha value is -1.09. The summed E-state index contributed by atoms with van der Waals surface area (Å²) in [5, 5.41) is 3.59.